The van der Waals surface area contributed by atoms with Crippen molar-refractivity contribution in [3.8, 4) is 0 Å². The second kappa shape index (κ2) is 11.0. The molecule has 1 amide bonds. The Bertz CT molecular complexity index is 1350. The van der Waals surface area contributed by atoms with E-state index in [2.05, 4.69) is 40.1 Å². The molecule has 0 fully saturated rings. The van der Waals surface area contributed by atoms with Crippen LogP contribution in [0.15, 0.2) is 94.9 Å². The Hall–Kier alpha value is -3.84. The van der Waals surface area contributed by atoms with Crippen LogP contribution in [-0.2, 0) is 9.53 Å². The summed E-state index contributed by atoms with van der Waals surface area (Å²) in [5.41, 5.74) is 8.46. The standard InChI is InChI=1S/C30H29N3O3S/c1-19(32-33-28(34)18-37-23-7-4-3-5-8-23)22-15-16-27-26(17-22)24-9-6-10-25(24)29(31-27)20-11-13-21(14-12-20)30(35)36-2/h3-9,11-17,24-25,29,31H,10,18H2,1-2H3,(H,33,34)/b32-19-/t24-,25+,29+/m1/s1. The van der Waals surface area contributed by atoms with E-state index in [-0.39, 0.29) is 23.8 Å². The smallest absolute Gasteiger partial charge is 0.337 e. The molecule has 3 atom stereocenters. The van der Waals surface area contributed by atoms with Crippen molar-refractivity contribution in [3.63, 3.8) is 0 Å². The van der Waals surface area contributed by atoms with Gasteiger partial charge in [0.25, 0.3) is 0 Å². The highest BCUT2D eigenvalue weighted by atomic mass is 32.2. The lowest BCUT2D eigenvalue weighted by Crippen LogP contribution is -2.29. The second-order valence-electron chi connectivity index (χ2n) is 9.23. The van der Waals surface area contributed by atoms with Gasteiger partial charge in [0.15, 0.2) is 0 Å². The maximum absolute atomic E-state index is 12.3. The number of hydrogen-bond acceptors (Lipinski definition) is 6. The zero-order valence-electron chi connectivity index (χ0n) is 20.8. The molecule has 6 nitrogen and oxygen atoms in total. The number of allylic oxidation sites excluding steroid dienone is 2. The highest BCUT2D eigenvalue weighted by Crippen LogP contribution is 2.50. The monoisotopic (exact) mass is 511 g/mol. The molecule has 0 unspecified atom stereocenters. The van der Waals surface area contributed by atoms with Gasteiger partial charge in [0, 0.05) is 16.5 Å². The first kappa shape index (κ1) is 24.8. The molecule has 1 aliphatic carbocycles. The Labute approximate surface area is 221 Å². The minimum absolute atomic E-state index is 0.132. The van der Waals surface area contributed by atoms with Crippen LogP contribution in [0.1, 0.15) is 52.4 Å². The summed E-state index contributed by atoms with van der Waals surface area (Å²) in [6.07, 6.45) is 5.52. The van der Waals surface area contributed by atoms with E-state index in [0.717, 1.165) is 33.8 Å². The molecule has 0 radical (unpaired) electrons. The summed E-state index contributed by atoms with van der Waals surface area (Å²) in [6.45, 7) is 1.91. The number of nitrogens with zero attached hydrogens (tertiary/aromatic N) is 1. The number of carbonyl (C=O) groups excluding carboxylic acids is 2. The van der Waals surface area contributed by atoms with Gasteiger partial charge >= 0.3 is 5.97 Å². The second-order valence-corrected chi connectivity index (χ2v) is 10.3. The predicted octanol–water partition coefficient (Wildman–Crippen LogP) is 5.93. The zero-order valence-corrected chi connectivity index (χ0v) is 21.6. The van der Waals surface area contributed by atoms with Crippen molar-refractivity contribution < 1.29 is 14.3 Å². The van der Waals surface area contributed by atoms with Crippen LogP contribution in [0.2, 0.25) is 0 Å². The Morgan fingerprint density at radius 2 is 1.81 bits per heavy atom. The predicted molar refractivity (Wildman–Crippen MR) is 148 cm³/mol. The molecule has 3 aromatic rings. The molecule has 37 heavy (non-hydrogen) atoms. The van der Waals surface area contributed by atoms with E-state index in [1.165, 1.54) is 24.4 Å². The first-order chi connectivity index (χ1) is 18.0. The van der Waals surface area contributed by atoms with E-state index in [0.29, 0.717) is 17.2 Å². The van der Waals surface area contributed by atoms with Crippen LogP contribution in [0.4, 0.5) is 5.69 Å². The lowest BCUT2D eigenvalue weighted by molar-refractivity contribution is -0.118. The van der Waals surface area contributed by atoms with Gasteiger partial charge in [0.05, 0.1) is 30.2 Å². The molecule has 188 valence electrons. The molecule has 1 heterocycles. The van der Waals surface area contributed by atoms with Gasteiger partial charge in [-0.3, -0.25) is 4.79 Å². The van der Waals surface area contributed by atoms with Gasteiger partial charge < -0.3 is 10.1 Å². The van der Waals surface area contributed by atoms with Crippen molar-refractivity contribution in [2.45, 2.75) is 30.2 Å². The number of benzene rings is 3. The van der Waals surface area contributed by atoms with Crippen LogP contribution in [-0.4, -0.2) is 30.5 Å². The van der Waals surface area contributed by atoms with E-state index in [9.17, 15) is 9.59 Å². The number of hydrazone groups is 1. The number of rotatable bonds is 7. The van der Waals surface area contributed by atoms with Crippen molar-refractivity contribution in [3.05, 3.63) is 107 Å². The van der Waals surface area contributed by atoms with Crippen molar-refractivity contribution in [1.82, 2.24) is 5.43 Å². The molecule has 0 saturated carbocycles. The quantitative estimate of drug-likeness (QED) is 0.135. The minimum Gasteiger partial charge on any atom is -0.465 e. The zero-order chi connectivity index (χ0) is 25.8. The Morgan fingerprint density at radius 1 is 1.05 bits per heavy atom. The van der Waals surface area contributed by atoms with Crippen LogP contribution >= 0.6 is 11.8 Å². The fourth-order valence-corrected chi connectivity index (χ4v) is 5.71. The summed E-state index contributed by atoms with van der Waals surface area (Å²) >= 11 is 1.49. The molecule has 3 aromatic carbocycles. The molecular weight excluding hydrogens is 482 g/mol. The van der Waals surface area contributed by atoms with E-state index in [1.807, 2.05) is 67.6 Å². The highest BCUT2D eigenvalue weighted by Gasteiger charge is 2.38. The van der Waals surface area contributed by atoms with E-state index >= 15 is 0 Å². The molecule has 2 N–H and O–H groups in total. The average molecular weight is 512 g/mol. The minimum atomic E-state index is -0.329. The number of anilines is 1. The molecule has 7 heteroatoms. The van der Waals surface area contributed by atoms with Crippen LogP contribution in [0.25, 0.3) is 0 Å². The van der Waals surface area contributed by atoms with Crippen molar-refractivity contribution in [2.75, 3.05) is 18.2 Å². The summed E-state index contributed by atoms with van der Waals surface area (Å²) < 4.78 is 4.83. The molecule has 2 aliphatic rings. The SMILES string of the molecule is COC(=O)c1ccc([C@@H]2Nc3ccc(/C(C)=N\NC(=O)CSc4ccccc4)cc3[C@@H]3C=CC[C@@H]32)cc1. The van der Waals surface area contributed by atoms with Crippen LogP contribution in [0, 0.1) is 5.92 Å². The normalized spacial score (nSPS) is 19.9. The Balaban J connectivity index is 1.29. The molecule has 0 spiro atoms. The number of amides is 1. The van der Waals surface area contributed by atoms with E-state index in [1.54, 1.807) is 0 Å². The molecule has 0 saturated heterocycles. The molecule has 0 bridgehead atoms. The number of fused-ring (bicyclic) bond motifs is 3. The Kier molecular flexibility index (Phi) is 7.42. The summed E-state index contributed by atoms with van der Waals surface area (Å²) in [7, 11) is 1.39. The van der Waals surface area contributed by atoms with Gasteiger partial charge in [0.2, 0.25) is 5.91 Å². The van der Waals surface area contributed by atoms with Crippen LogP contribution in [0.3, 0.4) is 0 Å². The maximum Gasteiger partial charge on any atom is 0.337 e. The van der Waals surface area contributed by atoms with Crippen LogP contribution < -0.4 is 10.7 Å². The van der Waals surface area contributed by atoms with Gasteiger partial charge in [-0.05, 0) is 72.4 Å². The largest absolute Gasteiger partial charge is 0.465 e. The number of ether oxygens (including phenoxy) is 1. The topological polar surface area (TPSA) is 79.8 Å². The third kappa shape index (κ3) is 5.47. The van der Waals surface area contributed by atoms with Crippen molar-refractivity contribution in [2.24, 2.45) is 11.0 Å². The summed E-state index contributed by atoms with van der Waals surface area (Å²) in [6, 6.07) is 24.0. The van der Waals surface area contributed by atoms with Crippen molar-refractivity contribution >= 4 is 35.0 Å². The summed E-state index contributed by atoms with van der Waals surface area (Å²) in [5, 5.41) is 8.09. The van der Waals surface area contributed by atoms with Gasteiger partial charge in [0.1, 0.15) is 0 Å². The highest BCUT2D eigenvalue weighted by molar-refractivity contribution is 8.00. The summed E-state index contributed by atoms with van der Waals surface area (Å²) in [4.78, 5) is 25.2. The van der Waals surface area contributed by atoms with E-state index in [4.69, 9.17) is 4.74 Å². The fraction of sp³-hybridized carbons (Fsp3) is 0.233. The third-order valence-corrected chi connectivity index (χ3v) is 7.94. The molecule has 0 aromatic heterocycles. The number of esters is 1. The third-order valence-electron chi connectivity index (χ3n) is 6.93. The molecule has 5 rings (SSSR count). The molecule has 1 aliphatic heterocycles. The average Bonchev–Trinajstić information content (AvgIpc) is 3.45. The van der Waals surface area contributed by atoms with Gasteiger partial charge in [-0.15, -0.1) is 11.8 Å². The summed E-state index contributed by atoms with van der Waals surface area (Å²) in [5.74, 6) is 0.507. The number of methoxy groups -OCH3 is 1. The maximum atomic E-state index is 12.3. The first-order valence-electron chi connectivity index (χ1n) is 12.3. The first-order valence-corrected chi connectivity index (χ1v) is 13.3. The lowest BCUT2D eigenvalue weighted by atomic mass is 9.76. The number of thioether (sulfide) groups is 1. The fourth-order valence-electron chi connectivity index (χ4n) is 5.00. The molecular formula is C30H29N3O3S. The number of nitrogens with one attached hydrogen (secondary N) is 2. The van der Waals surface area contributed by atoms with Crippen molar-refractivity contribution in [1.29, 1.82) is 0 Å². The number of hydrogen-bond donors (Lipinski definition) is 2. The van der Waals surface area contributed by atoms with Gasteiger partial charge in [-0.2, -0.15) is 5.10 Å². The van der Waals surface area contributed by atoms with Gasteiger partial charge in [-0.25, -0.2) is 10.2 Å². The Morgan fingerprint density at radius 3 is 2.57 bits per heavy atom. The van der Waals surface area contributed by atoms with Crippen LogP contribution in [0.5, 0.6) is 0 Å². The number of carbonyl (C=O) groups is 2. The van der Waals surface area contributed by atoms with E-state index < -0.39 is 0 Å². The lowest BCUT2D eigenvalue weighted by Gasteiger charge is -2.37. The van der Waals surface area contributed by atoms with Gasteiger partial charge in [-0.1, -0.05) is 48.6 Å².